The third-order valence-corrected chi connectivity index (χ3v) is 3.15. The Labute approximate surface area is 116 Å². The van der Waals surface area contributed by atoms with E-state index >= 15 is 0 Å². The lowest BCUT2D eigenvalue weighted by Gasteiger charge is -2.19. The average molecular weight is 275 g/mol. The fraction of sp³-hybridized carbons (Fsp3) is 0.133. The number of nitrogens with zero attached hydrogens (tertiary/aromatic N) is 2. The molecule has 0 aliphatic rings. The van der Waals surface area contributed by atoms with Crippen LogP contribution in [0.1, 0.15) is 11.1 Å². The van der Waals surface area contributed by atoms with Gasteiger partial charge in [-0.15, -0.1) is 0 Å². The second kappa shape index (κ2) is 5.73. The molecule has 0 heterocycles. The molecule has 0 N–H and O–H groups in total. The van der Waals surface area contributed by atoms with Crippen LogP contribution in [0.15, 0.2) is 42.5 Å². The minimum Gasteiger partial charge on any atom is -0.370 e. The van der Waals surface area contributed by atoms with Crippen LogP contribution in [0.25, 0.3) is 0 Å². The molecule has 0 aliphatic carbocycles. The van der Waals surface area contributed by atoms with Gasteiger partial charge in [0, 0.05) is 19.3 Å². The van der Waals surface area contributed by atoms with Crippen molar-refractivity contribution in [1.82, 2.24) is 0 Å². The maximum atomic E-state index is 13.3. The van der Waals surface area contributed by atoms with Gasteiger partial charge in [-0.2, -0.15) is 5.26 Å². The summed E-state index contributed by atoms with van der Waals surface area (Å²) in [6, 6.07) is 14.1. The summed E-state index contributed by atoms with van der Waals surface area (Å²) in [5.41, 5.74) is 2.43. The quantitative estimate of drug-likeness (QED) is 0.846. The van der Waals surface area contributed by atoms with Gasteiger partial charge in [0.15, 0.2) is 0 Å². The molecule has 0 aromatic heterocycles. The van der Waals surface area contributed by atoms with Gasteiger partial charge in [-0.3, -0.25) is 0 Å². The lowest BCUT2D eigenvalue weighted by Crippen LogP contribution is -2.16. The van der Waals surface area contributed by atoms with Crippen molar-refractivity contribution in [2.24, 2.45) is 0 Å². The van der Waals surface area contributed by atoms with Crippen molar-refractivity contribution < 1.29 is 4.39 Å². The third-order valence-electron chi connectivity index (χ3n) is 2.84. The van der Waals surface area contributed by atoms with E-state index in [0.717, 1.165) is 11.3 Å². The van der Waals surface area contributed by atoms with E-state index in [2.05, 4.69) is 6.07 Å². The summed E-state index contributed by atoms with van der Waals surface area (Å²) in [7, 11) is 1.91. The minimum atomic E-state index is -0.410. The standard InChI is InChI=1S/C15H12ClFN2/c1-19(13-5-2-11(9-18)3-6-13)10-12-4-7-14(16)15(17)8-12/h2-8H,10H2,1H3. The Morgan fingerprint density at radius 1 is 1.21 bits per heavy atom. The van der Waals surface area contributed by atoms with Crippen molar-refractivity contribution in [1.29, 1.82) is 5.26 Å². The van der Waals surface area contributed by atoms with Crippen LogP contribution in [0.5, 0.6) is 0 Å². The van der Waals surface area contributed by atoms with Crippen LogP contribution in [0.3, 0.4) is 0 Å². The molecule has 96 valence electrons. The molecular formula is C15H12ClFN2. The van der Waals surface area contributed by atoms with E-state index < -0.39 is 5.82 Å². The van der Waals surface area contributed by atoms with Crippen LogP contribution >= 0.6 is 11.6 Å². The summed E-state index contributed by atoms with van der Waals surface area (Å²) >= 11 is 5.65. The van der Waals surface area contributed by atoms with Gasteiger partial charge in [0.25, 0.3) is 0 Å². The van der Waals surface area contributed by atoms with Gasteiger partial charge >= 0.3 is 0 Å². The zero-order valence-corrected chi connectivity index (χ0v) is 11.2. The molecule has 2 aromatic carbocycles. The molecule has 0 fully saturated rings. The van der Waals surface area contributed by atoms with Gasteiger partial charge in [-0.25, -0.2) is 4.39 Å². The molecule has 0 atom stereocenters. The Morgan fingerprint density at radius 2 is 1.89 bits per heavy atom. The predicted octanol–water partition coefficient (Wildman–Crippen LogP) is 3.99. The predicted molar refractivity (Wildman–Crippen MR) is 74.7 cm³/mol. The van der Waals surface area contributed by atoms with Gasteiger partial charge in [0.05, 0.1) is 16.7 Å². The number of hydrogen-bond acceptors (Lipinski definition) is 2. The molecule has 4 heteroatoms. The fourth-order valence-electron chi connectivity index (χ4n) is 1.79. The second-order valence-electron chi connectivity index (χ2n) is 4.26. The molecule has 0 aliphatic heterocycles. The molecule has 2 rings (SSSR count). The molecule has 0 radical (unpaired) electrons. The third kappa shape index (κ3) is 3.24. The van der Waals surface area contributed by atoms with Crippen LogP contribution in [-0.4, -0.2) is 7.05 Å². The zero-order chi connectivity index (χ0) is 13.8. The average Bonchev–Trinajstić information content (AvgIpc) is 2.43. The highest BCUT2D eigenvalue weighted by Gasteiger charge is 2.05. The molecular weight excluding hydrogens is 263 g/mol. The SMILES string of the molecule is CN(Cc1ccc(Cl)c(F)c1)c1ccc(C#N)cc1. The Kier molecular flexibility index (Phi) is 4.03. The van der Waals surface area contributed by atoms with Crippen LogP contribution in [-0.2, 0) is 6.54 Å². The number of hydrogen-bond donors (Lipinski definition) is 0. The number of nitriles is 1. The summed E-state index contributed by atoms with van der Waals surface area (Å²) in [5.74, 6) is -0.410. The lowest BCUT2D eigenvalue weighted by molar-refractivity contribution is 0.625. The summed E-state index contributed by atoms with van der Waals surface area (Å²) in [6.45, 7) is 0.569. The first-order chi connectivity index (χ1) is 9.10. The van der Waals surface area contributed by atoms with Crippen molar-refractivity contribution in [2.45, 2.75) is 6.54 Å². The van der Waals surface area contributed by atoms with Gasteiger partial charge in [0.2, 0.25) is 0 Å². The van der Waals surface area contributed by atoms with E-state index in [1.807, 2.05) is 24.1 Å². The monoisotopic (exact) mass is 274 g/mol. The van der Waals surface area contributed by atoms with E-state index in [0.29, 0.717) is 12.1 Å². The second-order valence-corrected chi connectivity index (χ2v) is 4.67. The van der Waals surface area contributed by atoms with Crippen molar-refractivity contribution in [3.63, 3.8) is 0 Å². The van der Waals surface area contributed by atoms with Crippen LogP contribution in [0, 0.1) is 17.1 Å². The number of halogens is 2. The van der Waals surface area contributed by atoms with E-state index in [1.54, 1.807) is 24.3 Å². The molecule has 2 aromatic rings. The highest BCUT2D eigenvalue weighted by molar-refractivity contribution is 6.30. The van der Waals surface area contributed by atoms with E-state index in [-0.39, 0.29) is 5.02 Å². The first-order valence-electron chi connectivity index (χ1n) is 5.75. The van der Waals surface area contributed by atoms with Crippen LogP contribution < -0.4 is 4.90 Å². The maximum absolute atomic E-state index is 13.3. The highest BCUT2D eigenvalue weighted by atomic mass is 35.5. The van der Waals surface area contributed by atoms with Crippen molar-refractivity contribution in [3.05, 3.63) is 64.4 Å². The van der Waals surface area contributed by atoms with Crippen LogP contribution in [0.4, 0.5) is 10.1 Å². The first-order valence-corrected chi connectivity index (χ1v) is 6.13. The Morgan fingerprint density at radius 3 is 2.47 bits per heavy atom. The molecule has 0 spiro atoms. The number of rotatable bonds is 3. The summed E-state index contributed by atoms with van der Waals surface area (Å²) in [4.78, 5) is 1.98. The number of anilines is 1. The van der Waals surface area contributed by atoms with Gasteiger partial charge in [0.1, 0.15) is 5.82 Å². The largest absolute Gasteiger partial charge is 0.370 e. The van der Waals surface area contributed by atoms with Gasteiger partial charge in [-0.1, -0.05) is 17.7 Å². The Balaban J connectivity index is 2.13. The smallest absolute Gasteiger partial charge is 0.142 e. The molecule has 0 saturated carbocycles. The molecule has 0 unspecified atom stereocenters. The zero-order valence-electron chi connectivity index (χ0n) is 10.4. The van der Waals surface area contributed by atoms with Crippen LogP contribution in [0.2, 0.25) is 5.02 Å². The Bertz CT molecular complexity index is 617. The molecule has 0 bridgehead atoms. The van der Waals surface area contributed by atoms with E-state index in [9.17, 15) is 4.39 Å². The highest BCUT2D eigenvalue weighted by Crippen LogP contribution is 2.19. The van der Waals surface area contributed by atoms with Crippen molar-refractivity contribution >= 4 is 17.3 Å². The topological polar surface area (TPSA) is 27.0 Å². The molecule has 0 amide bonds. The summed E-state index contributed by atoms with van der Waals surface area (Å²) in [6.07, 6.45) is 0. The fourth-order valence-corrected chi connectivity index (χ4v) is 1.91. The van der Waals surface area contributed by atoms with Gasteiger partial charge < -0.3 is 4.90 Å². The van der Waals surface area contributed by atoms with Gasteiger partial charge in [-0.05, 0) is 42.0 Å². The molecule has 0 saturated heterocycles. The molecule has 2 nitrogen and oxygen atoms in total. The molecule has 19 heavy (non-hydrogen) atoms. The normalized spacial score (nSPS) is 10.0. The van der Waals surface area contributed by atoms with Crippen molar-refractivity contribution in [3.8, 4) is 6.07 Å². The maximum Gasteiger partial charge on any atom is 0.142 e. The minimum absolute atomic E-state index is 0.129. The summed E-state index contributed by atoms with van der Waals surface area (Å²) in [5, 5.41) is 8.87. The summed E-state index contributed by atoms with van der Waals surface area (Å²) < 4.78 is 13.3. The Hall–Kier alpha value is -2.05. The van der Waals surface area contributed by atoms with E-state index in [1.165, 1.54) is 6.07 Å². The van der Waals surface area contributed by atoms with E-state index in [4.69, 9.17) is 16.9 Å². The lowest BCUT2D eigenvalue weighted by atomic mass is 10.1. The number of benzene rings is 2. The first kappa shape index (κ1) is 13.4. The van der Waals surface area contributed by atoms with Crippen molar-refractivity contribution in [2.75, 3.05) is 11.9 Å².